The fourth-order valence-electron chi connectivity index (χ4n) is 2.37. The zero-order chi connectivity index (χ0) is 15.8. The summed E-state index contributed by atoms with van der Waals surface area (Å²) in [5.41, 5.74) is 2.95. The molecule has 114 valence electrons. The van der Waals surface area contributed by atoms with E-state index < -0.39 is 16.7 Å². The number of thiocarbonyl (C=S) groups is 1. The van der Waals surface area contributed by atoms with Crippen molar-refractivity contribution in [3.05, 3.63) is 29.3 Å². The number of amidine groups is 1. The number of hydrogen-bond donors (Lipinski definition) is 1. The summed E-state index contributed by atoms with van der Waals surface area (Å²) in [5.74, 6) is 0.430. The second-order valence-electron chi connectivity index (χ2n) is 5.94. The Labute approximate surface area is 134 Å². The van der Waals surface area contributed by atoms with Crippen LogP contribution in [-0.2, 0) is 16.9 Å². The van der Waals surface area contributed by atoms with E-state index >= 15 is 0 Å². The molecule has 21 heavy (non-hydrogen) atoms. The number of anilines is 1. The number of nitrogens with zero attached hydrogens (tertiary/aromatic N) is 2. The summed E-state index contributed by atoms with van der Waals surface area (Å²) in [6, 6.07) is 6.07. The molecule has 1 N–H and O–H groups in total. The van der Waals surface area contributed by atoms with Gasteiger partial charge in [0.05, 0.1) is 5.54 Å². The van der Waals surface area contributed by atoms with E-state index in [2.05, 4.69) is 28.2 Å². The molecule has 1 aromatic carbocycles. The number of nitrogens with one attached hydrogen (secondary N) is 1. The Balaban J connectivity index is 2.22. The van der Waals surface area contributed by atoms with Crippen molar-refractivity contribution < 1.29 is 4.55 Å². The van der Waals surface area contributed by atoms with Crippen molar-refractivity contribution in [3.8, 4) is 0 Å². The number of benzene rings is 1. The van der Waals surface area contributed by atoms with E-state index in [1.165, 1.54) is 5.56 Å². The molecule has 0 spiro atoms. The molecule has 0 aliphatic carbocycles. The summed E-state index contributed by atoms with van der Waals surface area (Å²) in [6.07, 6.45) is 0. The van der Waals surface area contributed by atoms with Gasteiger partial charge in [-0.1, -0.05) is 30.4 Å². The lowest BCUT2D eigenvalue weighted by molar-refractivity contribution is 0.598. The standard InChI is InChI=1S/C15H21N3OS2/c1-10-7-6-8-11(12(10)18(4)5)9-21(19)14-16-13(20)15(2,3)17-14/h6-8H,9H2,1-5H3,(H,16,17,20). The van der Waals surface area contributed by atoms with Gasteiger partial charge in [-0.05, 0) is 26.3 Å². The maximum atomic E-state index is 12.6. The average molecular weight is 323 g/mol. The van der Waals surface area contributed by atoms with E-state index in [0.29, 0.717) is 15.9 Å². The van der Waals surface area contributed by atoms with Gasteiger partial charge >= 0.3 is 5.17 Å². The van der Waals surface area contributed by atoms with E-state index in [1.807, 2.05) is 40.1 Å². The Morgan fingerprint density at radius 1 is 1.38 bits per heavy atom. The molecule has 0 amide bonds. The Kier molecular flexibility index (Phi) is 4.60. The van der Waals surface area contributed by atoms with Crippen LogP contribution in [0.25, 0.3) is 0 Å². The van der Waals surface area contributed by atoms with Gasteiger partial charge < -0.3 is 14.8 Å². The highest BCUT2D eigenvalue weighted by Crippen LogP contribution is 2.26. The molecule has 0 radical (unpaired) electrons. The van der Waals surface area contributed by atoms with Gasteiger partial charge in [0.25, 0.3) is 0 Å². The summed E-state index contributed by atoms with van der Waals surface area (Å²) in [5, 5.41) is 3.64. The van der Waals surface area contributed by atoms with E-state index in [4.69, 9.17) is 12.2 Å². The maximum absolute atomic E-state index is 12.6. The largest absolute Gasteiger partial charge is 0.609 e. The summed E-state index contributed by atoms with van der Waals surface area (Å²) in [4.78, 5) is 6.87. The van der Waals surface area contributed by atoms with Crippen LogP contribution >= 0.6 is 12.2 Å². The Hall–Kier alpha value is -1.11. The molecule has 1 heterocycles. The van der Waals surface area contributed by atoms with Gasteiger partial charge in [-0.3, -0.25) is 0 Å². The second kappa shape index (κ2) is 5.94. The zero-order valence-corrected chi connectivity index (χ0v) is 14.7. The van der Waals surface area contributed by atoms with Gasteiger partial charge in [0.1, 0.15) is 10.7 Å². The third-order valence-electron chi connectivity index (χ3n) is 3.43. The topological polar surface area (TPSA) is 50.7 Å². The molecule has 4 nitrogen and oxygen atoms in total. The second-order valence-corrected chi connectivity index (χ2v) is 7.69. The highest BCUT2D eigenvalue weighted by molar-refractivity contribution is 8.05. The number of rotatable bonds is 3. The predicted octanol–water partition coefficient (Wildman–Crippen LogP) is 2.37. The third-order valence-corrected chi connectivity index (χ3v) is 5.23. The van der Waals surface area contributed by atoms with Crippen LogP contribution < -0.4 is 10.2 Å². The lowest BCUT2D eigenvalue weighted by Gasteiger charge is -2.22. The molecule has 0 bridgehead atoms. The van der Waals surface area contributed by atoms with Gasteiger partial charge in [0, 0.05) is 36.5 Å². The molecular formula is C15H21N3OS2. The minimum absolute atomic E-state index is 0.392. The molecule has 6 heteroatoms. The highest BCUT2D eigenvalue weighted by atomic mass is 32.2. The molecule has 0 saturated heterocycles. The van der Waals surface area contributed by atoms with Gasteiger partial charge in [0.2, 0.25) is 0 Å². The SMILES string of the molecule is Cc1cccc(C[S+]([O-])C2=NC(=S)C(C)(C)N2)c1N(C)C. The van der Waals surface area contributed by atoms with Crippen LogP contribution in [0.4, 0.5) is 5.69 Å². The fourth-order valence-corrected chi connectivity index (χ4v) is 3.79. The average Bonchev–Trinajstić information content (AvgIpc) is 2.63. The third kappa shape index (κ3) is 3.39. The predicted molar refractivity (Wildman–Crippen MR) is 94.6 cm³/mol. The zero-order valence-electron chi connectivity index (χ0n) is 13.1. The minimum atomic E-state index is -1.22. The van der Waals surface area contributed by atoms with Crippen molar-refractivity contribution in [1.29, 1.82) is 0 Å². The quantitative estimate of drug-likeness (QED) is 0.685. The van der Waals surface area contributed by atoms with Crippen molar-refractivity contribution in [2.24, 2.45) is 4.99 Å². The normalized spacial score (nSPS) is 18.2. The van der Waals surface area contributed by atoms with Crippen LogP contribution in [0.1, 0.15) is 25.0 Å². The first kappa shape index (κ1) is 16.3. The first-order valence-electron chi connectivity index (χ1n) is 6.78. The van der Waals surface area contributed by atoms with Gasteiger partial charge in [0.15, 0.2) is 0 Å². The van der Waals surface area contributed by atoms with Gasteiger partial charge in [-0.15, -0.1) is 0 Å². The first-order valence-corrected chi connectivity index (χ1v) is 8.50. The van der Waals surface area contributed by atoms with Crippen LogP contribution in [0.5, 0.6) is 0 Å². The van der Waals surface area contributed by atoms with Gasteiger partial charge in [-0.25, -0.2) is 0 Å². The number of para-hydroxylation sites is 1. The molecule has 0 aromatic heterocycles. The number of hydrogen-bond acceptors (Lipinski definition) is 4. The van der Waals surface area contributed by atoms with Crippen LogP contribution in [0.2, 0.25) is 0 Å². The maximum Gasteiger partial charge on any atom is 0.318 e. The van der Waals surface area contributed by atoms with Crippen LogP contribution in [-0.4, -0.2) is 34.3 Å². The molecular weight excluding hydrogens is 302 g/mol. The minimum Gasteiger partial charge on any atom is -0.609 e. The lowest BCUT2D eigenvalue weighted by Crippen LogP contribution is -2.44. The molecule has 0 saturated carbocycles. The van der Waals surface area contributed by atoms with E-state index in [9.17, 15) is 4.55 Å². The van der Waals surface area contributed by atoms with Gasteiger partial charge in [-0.2, -0.15) is 4.99 Å². The highest BCUT2D eigenvalue weighted by Gasteiger charge is 2.37. The van der Waals surface area contributed by atoms with Crippen molar-refractivity contribution in [1.82, 2.24) is 5.32 Å². The molecule has 1 unspecified atom stereocenters. The molecule has 1 atom stereocenters. The summed E-state index contributed by atoms with van der Waals surface area (Å²) in [7, 11) is 4.00. The molecule has 1 aliphatic heterocycles. The summed E-state index contributed by atoms with van der Waals surface area (Å²) < 4.78 is 12.6. The smallest absolute Gasteiger partial charge is 0.318 e. The summed E-state index contributed by atoms with van der Waals surface area (Å²) in [6.45, 7) is 5.95. The molecule has 0 fully saturated rings. The van der Waals surface area contributed by atoms with Crippen molar-refractivity contribution in [2.45, 2.75) is 32.1 Å². The summed E-state index contributed by atoms with van der Waals surface area (Å²) >= 11 is 3.99. The van der Waals surface area contributed by atoms with E-state index in [0.717, 1.165) is 11.3 Å². The van der Waals surface area contributed by atoms with Crippen LogP contribution in [0.15, 0.2) is 23.2 Å². The van der Waals surface area contributed by atoms with Crippen molar-refractivity contribution in [2.75, 3.05) is 19.0 Å². The van der Waals surface area contributed by atoms with Crippen LogP contribution in [0.3, 0.4) is 0 Å². The van der Waals surface area contributed by atoms with Crippen molar-refractivity contribution >= 4 is 39.2 Å². The first-order chi connectivity index (χ1) is 9.72. The van der Waals surface area contributed by atoms with Crippen molar-refractivity contribution in [3.63, 3.8) is 0 Å². The molecule has 1 aromatic rings. The Morgan fingerprint density at radius 3 is 2.57 bits per heavy atom. The Morgan fingerprint density at radius 2 is 2.05 bits per heavy atom. The number of aryl methyl sites for hydroxylation is 1. The number of aliphatic imine (C=N–C) groups is 1. The van der Waals surface area contributed by atoms with Crippen LogP contribution in [0, 0.1) is 6.92 Å². The molecule has 2 rings (SSSR count). The Bertz CT molecular complexity index is 597. The lowest BCUT2D eigenvalue weighted by atomic mass is 10.1. The monoisotopic (exact) mass is 323 g/mol. The van der Waals surface area contributed by atoms with E-state index in [1.54, 1.807) is 0 Å². The molecule has 1 aliphatic rings. The van der Waals surface area contributed by atoms with E-state index in [-0.39, 0.29) is 0 Å². The fraction of sp³-hybridized carbons (Fsp3) is 0.467.